The molecule has 470 valence electrons. The molecule has 5 rings (SSSR count). The number of amides is 12. The normalized spacial score (nSPS) is 20.9. The number of carboxylic acids is 1. The Morgan fingerprint density at radius 1 is 0.576 bits per heavy atom. The number of carbonyl (C=O) groups is 13. The van der Waals surface area contributed by atoms with Gasteiger partial charge >= 0.3 is 5.97 Å². The SMILES string of the molecule is CC[C@H](C)[C@H](NC(=O)CNC(=O)[C@H](CC(C)C)NC(=O)[C@H](Cc1ccc(O)cc1)NC(=O)[C@H](CC(N)=O)NC(=O)[C@@H]1CCCN1C(=O)[C@H](CC(C)C)NC(=O)[C@H](CC(N)=O)NC(=O)[C@@H]1CCCN1)C(=O)N1CCC[C@H]1C(=O)N1CCC[C@H]1C(=O)O. The second-order valence-corrected chi connectivity index (χ2v) is 23.5. The lowest BCUT2D eigenvalue weighted by atomic mass is 9.97. The number of nitrogens with one attached hydrogen (secondary N) is 8. The van der Waals surface area contributed by atoms with Gasteiger partial charge in [0.2, 0.25) is 70.9 Å². The maximum Gasteiger partial charge on any atom is 0.326 e. The molecular formula is C57H87N13O15. The number of hydrogen-bond donors (Lipinski definition) is 12. The molecule has 0 saturated carbocycles. The Labute approximate surface area is 494 Å². The van der Waals surface area contributed by atoms with Gasteiger partial charge in [0.25, 0.3) is 0 Å². The molecule has 85 heavy (non-hydrogen) atoms. The molecule has 11 atom stereocenters. The molecule has 14 N–H and O–H groups in total. The maximum atomic E-state index is 14.4. The number of phenols is 1. The van der Waals surface area contributed by atoms with Crippen molar-refractivity contribution < 1.29 is 72.5 Å². The van der Waals surface area contributed by atoms with Crippen molar-refractivity contribution >= 4 is 76.9 Å². The quantitative estimate of drug-likeness (QED) is 0.0384. The third-order valence-electron chi connectivity index (χ3n) is 15.8. The number of carboxylic acid groups (broad SMARTS) is 1. The fourth-order valence-corrected chi connectivity index (χ4v) is 11.2. The number of primary amides is 2. The largest absolute Gasteiger partial charge is 0.508 e. The molecule has 0 aliphatic carbocycles. The second kappa shape index (κ2) is 31.8. The van der Waals surface area contributed by atoms with Crippen molar-refractivity contribution in [3.05, 3.63) is 29.8 Å². The molecule has 28 heteroatoms. The van der Waals surface area contributed by atoms with Crippen LogP contribution in [0.1, 0.15) is 131 Å². The van der Waals surface area contributed by atoms with Crippen molar-refractivity contribution in [1.82, 2.24) is 57.2 Å². The molecule has 0 radical (unpaired) electrons. The zero-order valence-corrected chi connectivity index (χ0v) is 49.4. The zero-order valence-electron chi connectivity index (χ0n) is 49.4. The zero-order chi connectivity index (χ0) is 62.8. The van der Waals surface area contributed by atoms with Crippen LogP contribution >= 0.6 is 0 Å². The predicted octanol–water partition coefficient (Wildman–Crippen LogP) is -2.34. The van der Waals surface area contributed by atoms with Gasteiger partial charge in [-0.3, -0.25) is 57.5 Å². The topological polar surface area (TPSA) is 420 Å². The van der Waals surface area contributed by atoms with Crippen molar-refractivity contribution in [2.24, 2.45) is 29.2 Å². The number of likely N-dealkylation sites (tertiary alicyclic amines) is 3. The Hall–Kier alpha value is -7.91. The molecule has 12 amide bonds. The van der Waals surface area contributed by atoms with Crippen LogP contribution in [0, 0.1) is 17.8 Å². The van der Waals surface area contributed by atoms with Crippen molar-refractivity contribution in [3.63, 3.8) is 0 Å². The van der Waals surface area contributed by atoms with Gasteiger partial charge in [0, 0.05) is 26.1 Å². The van der Waals surface area contributed by atoms with Crippen molar-refractivity contribution in [3.8, 4) is 5.75 Å². The fourth-order valence-electron chi connectivity index (χ4n) is 11.2. The van der Waals surface area contributed by atoms with Gasteiger partial charge in [-0.15, -0.1) is 0 Å². The molecule has 0 unspecified atom stereocenters. The van der Waals surface area contributed by atoms with E-state index < -0.39 is 163 Å². The highest BCUT2D eigenvalue weighted by Gasteiger charge is 2.45. The Morgan fingerprint density at radius 2 is 1.08 bits per heavy atom. The summed E-state index contributed by atoms with van der Waals surface area (Å²) in [7, 11) is 0. The Bertz CT molecular complexity index is 2610. The number of phenolic OH excluding ortho intramolecular Hbond substituents is 1. The number of aliphatic carboxylic acids is 1. The van der Waals surface area contributed by atoms with Crippen LogP contribution in [0.15, 0.2) is 24.3 Å². The smallest absolute Gasteiger partial charge is 0.326 e. The third-order valence-corrected chi connectivity index (χ3v) is 15.8. The number of rotatable bonds is 30. The highest BCUT2D eigenvalue weighted by Crippen LogP contribution is 2.27. The first-order chi connectivity index (χ1) is 40.2. The van der Waals surface area contributed by atoms with Crippen LogP contribution in [-0.4, -0.2) is 195 Å². The minimum atomic E-state index is -1.72. The summed E-state index contributed by atoms with van der Waals surface area (Å²) in [6.07, 6.45) is 2.22. The van der Waals surface area contributed by atoms with Gasteiger partial charge < -0.3 is 78.9 Å². The van der Waals surface area contributed by atoms with Crippen LogP contribution in [0.2, 0.25) is 0 Å². The molecule has 4 heterocycles. The molecule has 1 aromatic rings. The van der Waals surface area contributed by atoms with Gasteiger partial charge in [-0.1, -0.05) is 60.1 Å². The summed E-state index contributed by atoms with van der Waals surface area (Å²) in [5.41, 5.74) is 11.5. The number of nitrogens with zero attached hydrogens (tertiary/aromatic N) is 3. The van der Waals surface area contributed by atoms with Crippen LogP contribution in [0.25, 0.3) is 0 Å². The van der Waals surface area contributed by atoms with Crippen LogP contribution in [0.3, 0.4) is 0 Å². The van der Waals surface area contributed by atoms with Gasteiger partial charge in [-0.25, -0.2) is 4.79 Å². The lowest BCUT2D eigenvalue weighted by Gasteiger charge is -2.33. The Kier molecular flexibility index (Phi) is 25.4. The van der Waals surface area contributed by atoms with Crippen molar-refractivity contribution in [1.29, 1.82) is 0 Å². The summed E-state index contributed by atoms with van der Waals surface area (Å²) in [4.78, 5) is 180. The minimum Gasteiger partial charge on any atom is -0.508 e. The number of aromatic hydroxyl groups is 1. The monoisotopic (exact) mass is 1190 g/mol. The summed E-state index contributed by atoms with van der Waals surface area (Å²) in [5, 5.41) is 41.0. The van der Waals surface area contributed by atoms with E-state index in [-0.39, 0.29) is 62.9 Å². The first-order valence-corrected chi connectivity index (χ1v) is 29.5. The average molecular weight is 1190 g/mol. The van der Waals surface area contributed by atoms with Crippen LogP contribution < -0.4 is 54.0 Å². The maximum absolute atomic E-state index is 14.4. The first kappa shape index (κ1) is 67.9. The van der Waals surface area contributed by atoms with Gasteiger partial charge in [0.15, 0.2) is 0 Å². The van der Waals surface area contributed by atoms with E-state index in [1.165, 1.54) is 39.0 Å². The molecular weight excluding hydrogens is 1110 g/mol. The van der Waals surface area contributed by atoms with E-state index in [9.17, 15) is 72.5 Å². The second-order valence-electron chi connectivity index (χ2n) is 23.5. The molecule has 28 nitrogen and oxygen atoms in total. The molecule has 1 aromatic carbocycles. The number of hydrogen-bond acceptors (Lipinski definition) is 15. The van der Waals surface area contributed by atoms with Crippen molar-refractivity contribution in [2.45, 2.75) is 192 Å². The van der Waals surface area contributed by atoms with E-state index in [4.69, 9.17) is 11.5 Å². The van der Waals surface area contributed by atoms with Gasteiger partial charge in [0.1, 0.15) is 60.1 Å². The van der Waals surface area contributed by atoms with E-state index in [0.29, 0.717) is 57.1 Å². The minimum absolute atomic E-state index is 0.0263. The van der Waals surface area contributed by atoms with E-state index >= 15 is 0 Å². The molecule has 4 aliphatic rings. The molecule has 4 aliphatic heterocycles. The van der Waals surface area contributed by atoms with E-state index in [2.05, 4.69) is 42.5 Å². The van der Waals surface area contributed by atoms with Crippen LogP contribution in [0.4, 0.5) is 0 Å². The summed E-state index contributed by atoms with van der Waals surface area (Å²) in [5.74, 6) is -11.4. The average Bonchev–Trinajstić information content (AvgIpc) is 3.53. The third kappa shape index (κ3) is 19.6. The van der Waals surface area contributed by atoms with E-state index in [1.54, 1.807) is 34.6 Å². The highest BCUT2D eigenvalue weighted by atomic mass is 16.4. The predicted molar refractivity (Wildman–Crippen MR) is 305 cm³/mol. The Morgan fingerprint density at radius 3 is 1.62 bits per heavy atom. The molecule has 4 fully saturated rings. The molecule has 0 aromatic heterocycles. The number of benzene rings is 1. The lowest BCUT2D eigenvalue weighted by molar-refractivity contribution is -0.152. The molecule has 4 saturated heterocycles. The van der Waals surface area contributed by atoms with Gasteiger partial charge in [-0.05, 0) is 106 Å². The van der Waals surface area contributed by atoms with Crippen LogP contribution in [-0.2, 0) is 68.7 Å². The summed E-state index contributed by atoms with van der Waals surface area (Å²) >= 11 is 0. The summed E-state index contributed by atoms with van der Waals surface area (Å²) in [6, 6.07) is -6.44. The molecule has 0 spiro atoms. The molecule has 0 bridgehead atoms. The first-order valence-electron chi connectivity index (χ1n) is 29.5. The lowest BCUT2D eigenvalue weighted by Crippen LogP contribution is -2.60. The van der Waals surface area contributed by atoms with Gasteiger partial charge in [-0.2, -0.15) is 0 Å². The van der Waals surface area contributed by atoms with Crippen molar-refractivity contribution in [2.75, 3.05) is 32.7 Å². The van der Waals surface area contributed by atoms with E-state index in [1.807, 2.05) is 6.92 Å². The number of carbonyl (C=O) groups excluding carboxylic acids is 12. The Balaban J connectivity index is 1.29. The van der Waals surface area contributed by atoms with Gasteiger partial charge in [0.05, 0.1) is 25.4 Å². The summed E-state index contributed by atoms with van der Waals surface area (Å²) < 4.78 is 0. The summed E-state index contributed by atoms with van der Waals surface area (Å²) in [6.45, 7) is 11.1. The van der Waals surface area contributed by atoms with E-state index in [0.717, 1.165) is 6.42 Å². The number of nitrogens with two attached hydrogens (primary N) is 2. The standard InChI is InChI=1S/C57H87N13O15/c1-7-32(6)47(56(83)69-22-10-14-42(69)55(82)70-23-11-15-43(70)57(84)85)67-46(74)29-61-48(75)36(24-30(2)3)62-50(77)37(26-33-16-18-34(71)19-17-33)63-51(78)39(28-45(59)73)65-53(80)41-13-9-21-68(41)54(81)40(25-31(4)5)66-52(79)38(27-44(58)72)64-49(76)35-12-8-20-60-35/h16-19,30-32,35-43,47,60,71H,7-15,20-29H2,1-6H3,(H2,58,72)(H2,59,73)(H,61,75)(H,62,77)(H,63,78)(H,64,76)(H,65,80)(H,66,79)(H,67,74)(H,84,85)/t32-,35-,36-,37-,38-,39-,40-,41-,42-,43-,47-/m0/s1. The highest BCUT2D eigenvalue weighted by molar-refractivity contribution is 6.00. The fraction of sp³-hybridized carbons (Fsp3) is 0.667. The van der Waals surface area contributed by atoms with Crippen LogP contribution in [0.5, 0.6) is 5.75 Å².